The zero-order chi connectivity index (χ0) is 17.4. The van der Waals surface area contributed by atoms with Crippen LogP contribution in [0.4, 0.5) is 16.2 Å². The van der Waals surface area contributed by atoms with Crippen molar-refractivity contribution in [2.45, 2.75) is 31.7 Å². The lowest BCUT2D eigenvalue weighted by Gasteiger charge is -2.20. The van der Waals surface area contributed by atoms with E-state index in [4.69, 9.17) is 10.5 Å². The van der Waals surface area contributed by atoms with Gasteiger partial charge in [0.1, 0.15) is 6.04 Å². The molecule has 8 heteroatoms. The molecular weight excluding hydrogens is 344 g/mol. The largest absolute Gasteiger partial charge is 0.383 e. The van der Waals surface area contributed by atoms with Crippen molar-refractivity contribution in [1.82, 2.24) is 4.90 Å². The van der Waals surface area contributed by atoms with Crippen molar-refractivity contribution in [3.63, 3.8) is 0 Å². The molecule has 1 fully saturated rings. The Morgan fingerprint density at radius 3 is 2.12 bits per heavy atom. The lowest BCUT2D eigenvalue weighted by atomic mass is 10.2. The number of carbonyl (C=O) groups excluding carboxylic acids is 2. The number of rotatable bonds is 5. The zero-order valence-electron chi connectivity index (χ0n) is 14.5. The molecule has 0 aliphatic carbocycles. The number of benzene rings is 1. The van der Waals surface area contributed by atoms with E-state index in [2.05, 4.69) is 10.6 Å². The molecule has 0 aromatic heterocycles. The quantitative estimate of drug-likeness (QED) is 0.741. The molecule has 1 saturated heterocycles. The highest BCUT2D eigenvalue weighted by molar-refractivity contribution is 5.95. The third-order valence-corrected chi connectivity index (χ3v) is 3.98. The van der Waals surface area contributed by atoms with E-state index in [0.29, 0.717) is 11.4 Å². The van der Waals surface area contributed by atoms with Gasteiger partial charge in [-0.15, -0.1) is 12.4 Å². The van der Waals surface area contributed by atoms with Gasteiger partial charge in [0.2, 0.25) is 5.91 Å². The summed E-state index contributed by atoms with van der Waals surface area (Å²) in [4.78, 5) is 25.9. The van der Waals surface area contributed by atoms with E-state index in [1.165, 1.54) is 20.0 Å². The van der Waals surface area contributed by atoms with Gasteiger partial charge < -0.3 is 26.0 Å². The molecular formula is C17H27ClN4O3. The van der Waals surface area contributed by atoms with Gasteiger partial charge in [0.15, 0.2) is 0 Å². The van der Waals surface area contributed by atoms with Gasteiger partial charge in [-0.05, 0) is 37.1 Å². The van der Waals surface area contributed by atoms with Gasteiger partial charge >= 0.3 is 6.03 Å². The van der Waals surface area contributed by atoms with Crippen molar-refractivity contribution in [3.8, 4) is 0 Å². The molecule has 1 aliphatic heterocycles. The van der Waals surface area contributed by atoms with E-state index >= 15 is 0 Å². The Labute approximate surface area is 154 Å². The van der Waals surface area contributed by atoms with E-state index < -0.39 is 6.04 Å². The number of hydrogen-bond acceptors (Lipinski definition) is 4. The van der Waals surface area contributed by atoms with Crippen LogP contribution in [0, 0.1) is 0 Å². The second-order valence-electron chi connectivity index (χ2n) is 5.96. The third kappa shape index (κ3) is 6.89. The standard InChI is InChI=1S/C17H26N4O3.ClH/c1-24-12-15(18)16(22)19-13-6-8-14(9-7-13)20-17(23)21-10-4-2-3-5-11-21;/h6-9,15H,2-5,10-12,18H2,1H3,(H,19,22)(H,20,23);1H. The van der Waals surface area contributed by atoms with E-state index in [1.807, 2.05) is 4.90 Å². The average molecular weight is 371 g/mol. The van der Waals surface area contributed by atoms with Gasteiger partial charge in [-0.3, -0.25) is 4.79 Å². The smallest absolute Gasteiger partial charge is 0.321 e. The molecule has 0 saturated carbocycles. The molecule has 140 valence electrons. The first-order valence-electron chi connectivity index (χ1n) is 8.31. The molecule has 1 aliphatic rings. The predicted molar refractivity (Wildman–Crippen MR) is 101 cm³/mol. The third-order valence-electron chi connectivity index (χ3n) is 3.98. The second kappa shape index (κ2) is 10.9. The Hall–Kier alpha value is -1.83. The normalized spacial score (nSPS) is 15.5. The van der Waals surface area contributed by atoms with Crippen molar-refractivity contribution in [1.29, 1.82) is 0 Å². The number of likely N-dealkylation sites (tertiary alicyclic amines) is 1. The molecule has 4 N–H and O–H groups in total. The maximum Gasteiger partial charge on any atom is 0.321 e. The molecule has 25 heavy (non-hydrogen) atoms. The maximum absolute atomic E-state index is 12.3. The number of nitrogens with one attached hydrogen (secondary N) is 2. The average Bonchev–Trinajstić information content (AvgIpc) is 2.86. The minimum atomic E-state index is -0.711. The number of nitrogens with zero attached hydrogens (tertiary/aromatic N) is 1. The minimum absolute atomic E-state index is 0. The number of urea groups is 1. The number of anilines is 2. The van der Waals surface area contributed by atoms with Crippen LogP contribution in [0.25, 0.3) is 0 Å². The number of methoxy groups -OCH3 is 1. The summed E-state index contributed by atoms with van der Waals surface area (Å²) in [6.07, 6.45) is 4.48. The molecule has 0 bridgehead atoms. The topological polar surface area (TPSA) is 96.7 Å². The SMILES string of the molecule is COCC(N)C(=O)Nc1ccc(NC(=O)N2CCCCCC2)cc1.Cl. The summed E-state index contributed by atoms with van der Waals surface area (Å²) in [5.41, 5.74) is 6.99. The first kappa shape index (κ1) is 21.2. The Balaban J connectivity index is 0.00000312. The van der Waals surface area contributed by atoms with E-state index in [-0.39, 0.29) is 31.0 Å². The van der Waals surface area contributed by atoms with Gasteiger partial charge in [0.05, 0.1) is 6.61 Å². The molecule has 1 aromatic rings. The van der Waals surface area contributed by atoms with Crippen LogP contribution in [0.5, 0.6) is 0 Å². The van der Waals surface area contributed by atoms with Crippen LogP contribution in [0.1, 0.15) is 25.7 Å². The van der Waals surface area contributed by atoms with Crippen LogP contribution in [-0.4, -0.2) is 49.7 Å². The Morgan fingerprint density at radius 2 is 1.60 bits per heavy atom. The van der Waals surface area contributed by atoms with Crippen molar-refractivity contribution >= 4 is 35.7 Å². The molecule has 0 radical (unpaired) electrons. The highest BCUT2D eigenvalue weighted by atomic mass is 35.5. The van der Waals surface area contributed by atoms with E-state index in [1.54, 1.807) is 24.3 Å². The van der Waals surface area contributed by atoms with Gasteiger partial charge in [-0.1, -0.05) is 12.8 Å². The van der Waals surface area contributed by atoms with Gasteiger partial charge in [0.25, 0.3) is 0 Å². The van der Waals surface area contributed by atoms with Crippen LogP contribution < -0.4 is 16.4 Å². The first-order valence-corrected chi connectivity index (χ1v) is 8.31. The van der Waals surface area contributed by atoms with Crippen molar-refractivity contribution < 1.29 is 14.3 Å². The van der Waals surface area contributed by atoms with E-state index in [0.717, 1.165) is 25.9 Å². The number of ether oxygens (including phenoxy) is 1. The van der Waals surface area contributed by atoms with Gasteiger partial charge in [-0.25, -0.2) is 4.79 Å². The number of amides is 3. The molecule has 2 rings (SSSR count). The van der Waals surface area contributed by atoms with Crippen molar-refractivity contribution in [3.05, 3.63) is 24.3 Å². The molecule has 1 atom stereocenters. The number of nitrogens with two attached hydrogens (primary N) is 1. The summed E-state index contributed by atoms with van der Waals surface area (Å²) >= 11 is 0. The summed E-state index contributed by atoms with van der Waals surface area (Å²) in [5.74, 6) is -0.307. The highest BCUT2D eigenvalue weighted by Crippen LogP contribution is 2.16. The molecule has 1 heterocycles. The Kier molecular flexibility index (Phi) is 9.26. The van der Waals surface area contributed by atoms with Gasteiger partial charge in [-0.2, -0.15) is 0 Å². The number of hydrogen-bond donors (Lipinski definition) is 3. The van der Waals surface area contributed by atoms with Crippen LogP contribution in [0.15, 0.2) is 24.3 Å². The fourth-order valence-corrected chi connectivity index (χ4v) is 2.60. The van der Waals surface area contributed by atoms with Crippen LogP contribution in [-0.2, 0) is 9.53 Å². The summed E-state index contributed by atoms with van der Waals surface area (Å²) in [5, 5.41) is 5.60. The lowest BCUT2D eigenvalue weighted by Crippen LogP contribution is -2.39. The number of carbonyl (C=O) groups is 2. The monoisotopic (exact) mass is 370 g/mol. The summed E-state index contributed by atoms with van der Waals surface area (Å²) < 4.78 is 4.85. The lowest BCUT2D eigenvalue weighted by molar-refractivity contribution is -0.118. The Bertz CT molecular complexity index is 545. The molecule has 3 amide bonds. The fourth-order valence-electron chi connectivity index (χ4n) is 2.60. The minimum Gasteiger partial charge on any atom is -0.383 e. The maximum atomic E-state index is 12.3. The number of halogens is 1. The predicted octanol–water partition coefficient (Wildman–Crippen LogP) is 2.43. The van der Waals surface area contributed by atoms with Crippen LogP contribution in [0.2, 0.25) is 0 Å². The second-order valence-corrected chi connectivity index (χ2v) is 5.96. The summed E-state index contributed by atoms with van der Waals surface area (Å²) in [6, 6.07) is 6.19. The van der Waals surface area contributed by atoms with Gasteiger partial charge in [0, 0.05) is 31.6 Å². The highest BCUT2D eigenvalue weighted by Gasteiger charge is 2.16. The van der Waals surface area contributed by atoms with Crippen LogP contribution >= 0.6 is 12.4 Å². The Morgan fingerprint density at radius 1 is 1.08 bits per heavy atom. The molecule has 1 aromatic carbocycles. The molecule has 7 nitrogen and oxygen atoms in total. The fraction of sp³-hybridized carbons (Fsp3) is 0.529. The van der Waals surface area contributed by atoms with Crippen LogP contribution in [0.3, 0.4) is 0 Å². The zero-order valence-corrected chi connectivity index (χ0v) is 15.3. The van der Waals surface area contributed by atoms with Crippen molar-refractivity contribution in [2.75, 3.05) is 37.4 Å². The molecule has 1 unspecified atom stereocenters. The molecule has 0 spiro atoms. The summed E-state index contributed by atoms with van der Waals surface area (Å²) in [6.45, 7) is 1.77. The summed E-state index contributed by atoms with van der Waals surface area (Å²) in [7, 11) is 1.49. The van der Waals surface area contributed by atoms with Crippen molar-refractivity contribution in [2.24, 2.45) is 5.73 Å². The van der Waals surface area contributed by atoms with E-state index in [9.17, 15) is 9.59 Å². The first-order chi connectivity index (χ1) is 11.6.